The third kappa shape index (κ3) is 3.20. The van der Waals surface area contributed by atoms with E-state index in [-0.39, 0.29) is 9.79 Å². The van der Waals surface area contributed by atoms with Crippen molar-refractivity contribution in [3.63, 3.8) is 0 Å². The Bertz CT molecular complexity index is 769. The Morgan fingerprint density at radius 1 is 0.864 bits per heavy atom. The fraction of sp³-hybridized carbons (Fsp3) is 0.250. The minimum absolute atomic E-state index is 0.232. The SMILES string of the molecule is CN(C)c1ccc(N(C)C)c(S(=O)(=O)c2ccc(Cl)cc2)c1. The van der Waals surface area contributed by atoms with Crippen molar-refractivity contribution in [1.82, 2.24) is 0 Å². The summed E-state index contributed by atoms with van der Waals surface area (Å²) in [7, 11) is 3.79. The van der Waals surface area contributed by atoms with E-state index in [1.54, 1.807) is 23.1 Å². The van der Waals surface area contributed by atoms with Crippen molar-refractivity contribution in [2.45, 2.75) is 9.79 Å². The summed E-state index contributed by atoms with van der Waals surface area (Å²) in [6.45, 7) is 0. The van der Waals surface area contributed by atoms with E-state index in [2.05, 4.69) is 0 Å². The molecule has 0 amide bonds. The molecule has 118 valence electrons. The Balaban J connectivity index is 2.67. The number of hydrogen-bond acceptors (Lipinski definition) is 4. The minimum atomic E-state index is -3.61. The molecule has 0 aliphatic heterocycles. The highest BCUT2D eigenvalue weighted by Gasteiger charge is 2.23. The standard InChI is InChI=1S/C16H19ClN2O2S/c1-18(2)13-7-10-15(19(3)4)16(11-13)22(20,21)14-8-5-12(17)6-9-14/h5-11H,1-4H3. The molecular weight excluding hydrogens is 320 g/mol. The van der Waals surface area contributed by atoms with Crippen LogP contribution in [0, 0.1) is 0 Å². The Kier molecular flexibility index (Phi) is 4.68. The molecule has 2 aromatic rings. The molecule has 0 unspecified atom stereocenters. The summed E-state index contributed by atoms with van der Waals surface area (Å²) in [4.78, 5) is 4.18. The average Bonchev–Trinajstić information content (AvgIpc) is 2.46. The molecule has 0 spiro atoms. The lowest BCUT2D eigenvalue weighted by molar-refractivity contribution is 0.596. The van der Waals surface area contributed by atoms with Gasteiger partial charge in [-0.3, -0.25) is 0 Å². The van der Waals surface area contributed by atoms with Crippen molar-refractivity contribution in [2.24, 2.45) is 0 Å². The third-order valence-corrected chi connectivity index (χ3v) is 5.41. The van der Waals surface area contributed by atoms with Crippen LogP contribution >= 0.6 is 11.6 Å². The van der Waals surface area contributed by atoms with E-state index >= 15 is 0 Å². The van der Waals surface area contributed by atoms with E-state index in [0.717, 1.165) is 5.69 Å². The topological polar surface area (TPSA) is 40.6 Å². The first-order chi connectivity index (χ1) is 10.2. The lowest BCUT2D eigenvalue weighted by Crippen LogP contribution is -2.16. The van der Waals surface area contributed by atoms with Crippen molar-refractivity contribution < 1.29 is 8.42 Å². The van der Waals surface area contributed by atoms with Crippen LogP contribution in [-0.2, 0) is 9.84 Å². The highest BCUT2D eigenvalue weighted by molar-refractivity contribution is 7.91. The number of anilines is 2. The fourth-order valence-corrected chi connectivity index (χ4v) is 3.78. The van der Waals surface area contributed by atoms with Crippen LogP contribution in [0.15, 0.2) is 52.3 Å². The molecule has 4 nitrogen and oxygen atoms in total. The predicted octanol–water partition coefficient (Wildman–Crippen LogP) is 3.30. The van der Waals surface area contributed by atoms with Gasteiger partial charge in [0.2, 0.25) is 9.84 Å². The molecule has 0 bridgehead atoms. The number of nitrogens with zero attached hydrogens (tertiary/aromatic N) is 2. The van der Waals surface area contributed by atoms with Gasteiger partial charge in [-0.1, -0.05) is 11.6 Å². The molecule has 0 aliphatic carbocycles. The highest BCUT2D eigenvalue weighted by atomic mass is 35.5. The molecule has 6 heteroatoms. The van der Waals surface area contributed by atoms with Gasteiger partial charge >= 0.3 is 0 Å². The summed E-state index contributed by atoms with van der Waals surface area (Å²) in [6, 6.07) is 11.6. The number of sulfone groups is 1. The van der Waals surface area contributed by atoms with Gasteiger partial charge < -0.3 is 9.80 Å². The molecule has 0 N–H and O–H groups in total. The summed E-state index contributed by atoms with van der Waals surface area (Å²) in [6.07, 6.45) is 0. The monoisotopic (exact) mass is 338 g/mol. The molecule has 0 saturated heterocycles. The minimum Gasteiger partial charge on any atom is -0.378 e. The van der Waals surface area contributed by atoms with Crippen molar-refractivity contribution in [1.29, 1.82) is 0 Å². The van der Waals surface area contributed by atoms with E-state index in [0.29, 0.717) is 10.7 Å². The summed E-state index contributed by atoms with van der Waals surface area (Å²) in [5.74, 6) is 0. The lowest BCUT2D eigenvalue weighted by Gasteiger charge is -2.21. The first-order valence-corrected chi connectivity index (χ1v) is 8.59. The van der Waals surface area contributed by atoms with Gasteiger partial charge in [0.1, 0.15) is 0 Å². The van der Waals surface area contributed by atoms with Crippen LogP contribution in [0.3, 0.4) is 0 Å². The molecule has 2 aromatic carbocycles. The Morgan fingerprint density at radius 2 is 1.45 bits per heavy atom. The molecule has 0 atom stereocenters. The first kappa shape index (κ1) is 16.6. The predicted molar refractivity (Wildman–Crippen MR) is 92.0 cm³/mol. The van der Waals surface area contributed by atoms with Crippen LogP contribution in [0.4, 0.5) is 11.4 Å². The third-order valence-electron chi connectivity index (χ3n) is 3.36. The molecule has 0 heterocycles. The molecule has 0 aliphatic rings. The second kappa shape index (κ2) is 6.18. The number of rotatable bonds is 4. The first-order valence-electron chi connectivity index (χ1n) is 6.73. The molecular formula is C16H19ClN2O2S. The average molecular weight is 339 g/mol. The van der Waals surface area contributed by atoms with Gasteiger partial charge in [0.05, 0.1) is 15.5 Å². The lowest BCUT2D eigenvalue weighted by atomic mass is 10.2. The number of hydrogen-bond donors (Lipinski definition) is 0. The molecule has 22 heavy (non-hydrogen) atoms. The smallest absolute Gasteiger partial charge is 0.208 e. The fourth-order valence-electron chi connectivity index (χ4n) is 2.11. The van der Waals surface area contributed by atoms with Crippen molar-refractivity contribution in [3.8, 4) is 0 Å². The van der Waals surface area contributed by atoms with E-state index < -0.39 is 9.84 Å². The number of halogens is 1. The van der Waals surface area contributed by atoms with Gasteiger partial charge in [-0.15, -0.1) is 0 Å². The molecule has 0 saturated carbocycles. The van der Waals surface area contributed by atoms with Crippen molar-refractivity contribution >= 4 is 32.8 Å². The molecule has 0 radical (unpaired) electrons. The van der Waals surface area contributed by atoms with Gasteiger partial charge in [0, 0.05) is 38.9 Å². The normalized spacial score (nSPS) is 11.3. The molecule has 0 fully saturated rings. The Hall–Kier alpha value is -1.72. The summed E-state index contributed by atoms with van der Waals surface area (Å²) < 4.78 is 25.9. The van der Waals surface area contributed by atoms with Gasteiger partial charge in [0.25, 0.3) is 0 Å². The second-order valence-corrected chi connectivity index (χ2v) is 7.75. The van der Waals surface area contributed by atoms with Crippen LogP contribution in [0.1, 0.15) is 0 Å². The maximum absolute atomic E-state index is 13.0. The van der Waals surface area contributed by atoms with Crippen LogP contribution in [0.2, 0.25) is 5.02 Å². The van der Waals surface area contributed by atoms with Crippen molar-refractivity contribution in [3.05, 3.63) is 47.5 Å². The van der Waals surface area contributed by atoms with E-state index in [1.807, 2.05) is 45.2 Å². The quantitative estimate of drug-likeness (QED) is 0.857. The van der Waals surface area contributed by atoms with E-state index in [1.165, 1.54) is 12.1 Å². The van der Waals surface area contributed by atoms with Crippen LogP contribution < -0.4 is 9.80 Å². The van der Waals surface area contributed by atoms with E-state index in [9.17, 15) is 8.42 Å². The Labute approximate surface area is 136 Å². The largest absolute Gasteiger partial charge is 0.378 e. The van der Waals surface area contributed by atoms with Gasteiger partial charge in [-0.2, -0.15) is 0 Å². The maximum Gasteiger partial charge on any atom is 0.208 e. The van der Waals surface area contributed by atoms with Crippen LogP contribution in [-0.4, -0.2) is 36.6 Å². The van der Waals surface area contributed by atoms with Crippen LogP contribution in [0.5, 0.6) is 0 Å². The maximum atomic E-state index is 13.0. The summed E-state index contributed by atoms with van der Waals surface area (Å²) in [5.41, 5.74) is 1.48. The van der Waals surface area contributed by atoms with Gasteiger partial charge in [0.15, 0.2) is 0 Å². The van der Waals surface area contributed by atoms with Crippen molar-refractivity contribution in [2.75, 3.05) is 38.0 Å². The molecule has 0 aromatic heterocycles. The number of benzene rings is 2. The summed E-state index contributed by atoms with van der Waals surface area (Å²) in [5, 5.41) is 0.508. The van der Waals surface area contributed by atoms with Crippen LogP contribution in [0.25, 0.3) is 0 Å². The van der Waals surface area contributed by atoms with Gasteiger partial charge in [-0.05, 0) is 42.5 Å². The zero-order valence-electron chi connectivity index (χ0n) is 13.0. The highest BCUT2D eigenvalue weighted by Crippen LogP contribution is 2.32. The zero-order valence-corrected chi connectivity index (χ0v) is 14.6. The molecule has 2 rings (SSSR count). The van der Waals surface area contributed by atoms with Gasteiger partial charge in [-0.25, -0.2) is 8.42 Å². The Morgan fingerprint density at radius 3 is 1.95 bits per heavy atom. The zero-order chi connectivity index (χ0) is 16.5. The van der Waals surface area contributed by atoms with E-state index in [4.69, 9.17) is 11.6 Å². The second-order valence-electron chi connectivity index (χ2n) is 5.40. The summed E-state index contributed by atoms with van der Waals surface area (Å²) >= 11 is 5.85.